The summed E-state index contributed by atoms with van der Waals surface area (Å²) in [6.45, 7) is 3.76. The summed E-state index contributed by atoms with van der Waals surface area (Å²) < 4.78 is 0. The lowest BCUT2D eigenvalue weighted by molar-refractivity contribution is -0.384. The average molecular weight is 343 g/mol. The SMILES string of the molecule is CC(C)NC(=O)CN(C)CC(=O)Nc1ccc([N+](=O)[O-])cc1Cl. The second kappa shape index (κ2) is 8.44. The van der Waals surface area contributed by atoms with Gasteiger partial charge in [-0.2, -0.15) is 0 Å². The molecule has 0 saturated heterocycles. The number of carbonyl (C=O) groups is 2. The van der Waals surface area contributed by atoms with Crippen LogP contribution in [0, 0.1) is 10.1 Å². The Bertz CT molecular complexity index is 606. The van der Waals surface area contributed by atoms with E-state index in [-0.39, 0.29) is 47.3 Å². The van der Waals surface area contributed by atoms with Crippen molar-refractivity contribution in [2.45, 2.75) is 19.9 Å². The number of nitrogens with one attached hydrogen (secondary N) is 2. The van der Waals surface area contributed by atoms with E-state index < -0.39 is 4.92 Å². The molecule has 0 spiro atoms. The zero-order valence-corrected chi connectivity index (χ0v) is 13.9. The highest BCUT2D eigenvalue weighted by atomic mass is 35.5. The van der Waals surface area contributed by atoms with E-state index in [2.05, 4.69) is 10.6 Å². The number of amides is 2. The third-order valence-corrected chi connectivity index (χ3v) is 3.03. The molecule has 0 radical (unpaired) electrons. The molecular formula is C14H19ClN4O4. The number of benzene rings is 1. The molecule has 0 aliphatic rings. The number of non-ortho nitro benzene ring substituents is 1. The lowest BCUT2D eigenvalue weighted by atomic mass is 10.3. The Morgan fingerprint density at radius 2 is 1.91 bits per heavy atom. The first-order valence-corrected chi connectivity index (χ1v) is 7.28. The lowest BCUT2D eigenvalue weighted by Gasteiger charge is -2.17. The lowest BCUT2D eigenvalue weighted by Crippen LogP contribution is -2.41. The van der Waals surface area contributed by atoms with E-state index in [1.807, 2.05) is 13.8 Å². The van der Waals surface area contributed by atoms with Gasteiger partial charge in [-0.3, -0.25) is 24.6 Å². The molecule has 1 aromatic rings. The highest BCUT2D eigenvalue weighted by Crippen LogP contribution is 2.26. The van der Waals surface area contributed by atoms with Crippen LogP contribution in [0.15, 0.2) is 18.2 Å². The van der Waals surface area contributed by atoms with Crippen LogP contribution in [-0.2, 0) is 9.59 Å². The Morgan fingerprint density at radius 3 is 2.43 bits per heavy atom. The molecule has 1 rings (SSSR count). The van der Waals surface area contributed by atoms with E-state index in [4.69, 9.17) is 11.6 Å². The Labute approximate surface area is 138 Å². The number of likely N-dealkylation sites (N-methyl/N-ethyl adjacent to an activating group) is 1. The second-order valence-corrected chi connectivity index (χ2v) is 5.77. The summed E-state index contributed by atoms with van der Waals surface area (Å²) in [5.41, 5.74) is 0.123. The molecule has 2 N–H and O–H groups in total. The highest BCUT2D eigenvalue weighted by molar-refractivity contribution is 6.34. The molecule has 1 aromatic carbocycles. The van der Waals surface area contributed by atoms with Gasteiger partial charge >= 0.3 is 0 Å². The maximum Gasteiger partial charge on any atom is 0.271 e. The van der Waals surface area contributed by atoms with Gasteiger partial charge in [0.1, 0.15) is 0 Å². The Hall–Kier alpha value is -2.19. The van der Waals surface area contributed by atoms with Gasteiger partial charge in [0, 0.05) is 18.2 Å². The van der Waals surface area contributed by atoms with Crippen molar-refractivity contribution >= 4 is 34.8 Å². The van der Waals surface area contributed by atoms with Crippen LogP contribution in [0.1, 0.15) is 13.8 Å². The molecule has 0 fully saturated rings. The summed E-state index contributed by atoms with van der Waals surface area (Å²) in [4.78, 5) is 35.1. The van der Waals surface area contributed by atoms with Crippen LogP contribution in [0.25, 0.3) is 0 Å². The molecule has 0 heterocycles. The van der Waals surface area contributed by atoms with Gasteiger partial charge in [0.05, 0.1) is 28.7 Å². The number of halogens is 1. The maximum atomic E-state index is 11.9. The molecule has 0 saturated carbocycles. The van der Waals surface area contributed by atoms with Crippen molar-refractivity contribution in [1.29, 1.82) is 0 Å². The minimum atomic E-state index is -0.571. The average Bonchev–Trinajstić information content (AvgIpc) is 2.39. The van der Waals surface area contributed by atoms with Crippen molar-refractivity contribution in [3.63, 3.8) is 0 Å². The normalized spacial score (nSPS) is 10.7. The van der Waals surface area contributed by atoms with Gasteiger partial charge in [-0.25, -0.2) is 0 Å². The van der Waals surface area contributed by atoms with Gasteiger partial charge in [-0.05, 0) is 27.0 Å². The summed E-state index contributed by atoms with van der Waals surface area (Å²) in [6.07, 6.45) is 0. The van der Waals surface area contributed by atoms with Crippen molar-refractivity contribution in [3.05, 3.63) is 33.3 Å². The predicted octanol–water partition coefficient (Wildman–Crippen LogP) is 1.64. The number of rotatable bonds is 7. The monoisotopic (exact) mass is 342 g/mol. The van der Waals surface area contributed by atoms with E-state index in [0.717, 1.165) is 6.07 Å². The molecule has 8 nitrogen and oxygen atoms in total. The first kappa shape index (κ1) is 18.9. The molecular weight excluding hydrogens is 324 g/mol. The third-order valence-electron chi connectivity index (χ3n) is 2.71. The third kappa shape index (κ3) is 6.62. The molecule has 2 amide bonds. The molecule has 23 heavy (non-hydrogen) atoms. The smallest absolute Gasteiger partial charge is 0.271 e. The fraction of sp³-hybridized carbons (Fsp3) is 0.429. The van der Waals surface area contributed by atoms with Crippen LogP contribution in [0.5, 0.6) is 0 Å². The summed E-state index contributed by atoms with van der Waals surface area (Å²) in [5.74, 6) is -0.552. The van der Waals surface area contributed by atoms with Gasteiger partial charge in [0.2, 0.25) is 11.8 Å². The number of hydrogen-bond acceptors (Lipinski definition) is 5. The molecule has 0 bridgehead atoms. The van der Waals surface area contributed by atoms with Crippen molar-refractivity contribution in [2.24, 2.45) is 0 Å². The minimum absolute atomic E-state index is 0.0150. The van der Waals surface area contributed by atoms with E-state index in [1.165, 1.54) is 12.1 Å². The van der Waals surface area contributed by atoms with Crippen molar-refractivity contribution < 1.29 is 14.5 Å². The summed E-state index contributed by atoms with van der Waals surface area (Å²) >= 11 is 5.90. The Balaban J connectivity index is 2.56. The fourth-order valence-corrected chi connectivity index (χ4v) is 2.04. The fourth-order valence-electron chi connectivity index (χ4n) is 1.82. The molecule has 0 unspecified atom stereocenters. The van der Waals surface area contributed by atoms with Gasteiger partial charge in [-0.1, -0.05) is 11.6 Å². The predicted molar refractivity (Wildman–Crippen MR) is 87.5 cm³/mol. The van der Waals surface area contributed by atoms with Gasteiger partial charge in [-0.15, -0.1) is 0 Å². The van der Waals surface area contributed by atoms with Crippen molar-refractivity contribution in [2.75, 3.05) is 25.5 Å². The van der Waals surface area contributed by atoms with Gasteiger partial charge in [0.25, 0.3) is 5.69 Å². The molecule has 126 valence electrons. The number of anilines is 1. The van der Waals surface area contributed by atoms with Crippen molar-refractivity contribution in [1.82, 2.24) is 10.2 Å². The first-order chi connectivity index (χ1) is 10.7. The van der Waals surface area contributed by atoms with E-state index in [1.54, 1.807) is 11.9 Å². The minimum Gasteiger partial charge on any atom is -0.353 e. The van der Waals surface area contributed by atoms with E-state index in [9.17, 15) is 19.7 Å². The first-order valence-electron chi connectivity index (χ1n) is 6.90. The maximum absolute atomic E-state index is 11.9. The Kier molecular flexibility index (Phi) is 6.92. The quantitative estimate of drug-likeness (QED) is 0.579. The zero-order valence-electron chi connectivity index (χ0n) is 13.1. The number of carbonyl (C=O) groups excluding carboxylic acids is 2. The largest absolute Gasteiger partial charge is 0.353 e. The molecule has 9 heteroatoms. The number of nitro benzene ring substituents is 1. The topological polar surface area (TPSA) is 105 Å². The van der Waals surface area contributed by atoms with Crippen molar-refractivity contribution in [3.8, 4) is 0 Å². The number of nitrogens with zero attached hydrogens (tertiary/aromatic N) is 2. The summed E-state index contributed by atoms with van der Waals surface area (Å²) in [7, 11) is 1.64. The summed E-state index contributed by atoms with van der Waals surface area (Å²) in [5, 5.41) is 16.0. The standard InChI is InChI=1S/C14H19ClN4O4/c1-9(2)16-13(20)7-18(3)8-14(21)17-12-5-4-10(19(22)23)6-11(12)15/h4-6,9H,7-8H2,1-3H3,(H,16,20)(H,17,21). The second-order valence-electron chi connectivity index (χ2n) is 5.36. The number of nitro groups is 1. The zero-order chi connectivity index (χ0) is 17.6. The Morgan fingerprint density at radius 1 is 1.30 bits per heavy atom. The molecule has 0 aromatic heterocycles. The van der Waals surface area contributed by atoms with Crippen LogP contribution < -0.4 is 10.6 Å². The van der Waals surface area contributed by atoms with E-state index in [0.29, 0.717) is 0 Å². The van der Waals surface area contributed by atoms with Gasteiger partial charge in [0.15, 0.2) is 0 Å². The van der Waals surface area contributed by atoms with E-state index >= 15 is 0 Å². The number of hydrogen-bond donors (Lipinski definition) is 2. The summed E-state index contributed by atoms with van der Waals surface area (Å²) in [6, 6.07) is 3.81. The van der Waals surface area contributed by atoms with Crippen LogP contribution in [0.2, 0.25) is 5.02 Å². The van der Waals surface area contributed by atoms with Crippen LogP contribution in [0.4, 0.5) is 11.4 Å². The van der Waals surface area contributed by atoms with Gasteiger partial charge < -0.3 is 10.6 Å². The van der Waals surface area contributed by atoms with Crippen LogP contribution in [0.3, 0.4) is 0 Å². The molecule has 0 atom stereocenters. The highest BCUT2D eigenvalue weighted by Gasteiger charge is 2.14. The molecule has 0 aliphatic carbocycles. The van der Waals surface area contributed by atoms with Crippen LogP contribution in [-0.4, -0.2) is 47.8 Å². The molecule has 0 aliphatic heterocycles. The van der Waals surface area contributed by atoms with Crippen LogP contribution >= 0.6 is 11.6 Å².